The number of hydrogen-bond acceptors (Lipinski definition) is 6. The van der Waals surface area contributed by atoms with Gasteiger partial charge >= 0.3 is 0 Å². The normalized spacial score (nSPS) is 23.3. The van der Waals surface area contributed by atoms with Gasteiger partial charge in [-0.25, -0.2) is 0 Å². The predicted octanol–water partition coefficient (Wildman–Crippen LogP) is 3.81. The second kappa shape index (κ2) is 11.2. The highest BCUT2D eigenvalue weighted by atomic mass is 16.3. The monoisotopic (exact) mass is 490 g/mol. The SMILES string of the molecule is CCCC1=C([C@H](O)CC/C(=C/c2ccccc2O)c2ccccn2)[C@H](CO)[C@@H]2C(=O)N(C)C(=O)[C@@H]2C1. The number of phenolic OH excluding ortho intramolecular Hbond substituents is 1. The number of amides is 2. The highest BCUT2D eigenvalue weighted by molar-refractivity contribution is 6.05. The van der Waals surface area contributed by atoms with Gasteiger partial charge in [-0.3, -0.25) is 19.5 Å². The maximum atomic E-state index is 12.9. The summed E-state index contributed by atoms with van der Waals surface area (Å²) >= 11 is 0. The average molecular weight is 491 g/mol. The lowest BCUT2D eigenvalue weighted by atomic mass is 9.67. The Balaban J connectivity index is 1.65. The fourth-order valence-corrected chi connectivity index (χ4v) is 5.73. The third kappa shape index (κ3) is 4.99. The summed E-state index contributed by atoms with van der Waals surface area (Å²) in [6.07, 6.45) is 5.50. The molecule has 190 valence electrons. The molecule has 2 heterocycles. The van der Waals surface area contributed by atoms with E-state index >= 15 is 0 Å². The van der Waals surface area contributed by atoms with Crippen molar-refractivity contribution in [3.8, 4) is 5.75 Å². The summed E-state index contributed by atoms with van der Waals surface area (Å²) in [7, 11) is 1.50. The molecule has 0 unspecified atom stereocenters. The summed E-state index contributed by atoms with van der Waals surface area (Å²) < 4.78 is 0. The van der Waals surface area contributed by atoms with E-state index in [2.05, 4.69) is 4.98 Å². The first-order valence-corrected chi connectivity index (χ1v) is 12.6. The molecule has 36 heavy (non-hydrogen) atoms. The van der Waals surface area contributed by atoms with Crippen LogP contribution in [0.1, 0.15) is 50.3 Å². The minimum Gasteiger partial charge on any atom is -0.507 e. The zero-order valence-corrected chi connectivity index (χ0v) is 20.8. The largest absolute Gasteiger partial charge is 0.507 e. The molecule has 3 N–H and O–H groups in total. The maximum absolute atomic E-state index is 12.9. The van der Waals surface area contributed by atoms with E-state index in [1.807, 2.05) is 43.3 Å². The number of imide groups is 1. The molecule has 7 heteroatoms. The number of carbonyl (C=O) groups excluding carboxylic acids is 2. The number of nitrogens with zero attached hydrogens (tertiary/aromatic N) is 2. The van der Waals surface area contributed by atoms with Crippen LogP contribution < -0.4 is 0 Å². The Morgan fingerprint density at radius 1 is 1.17 bits per heavy atom. The van der Waals surface area contributed by atoms with E-state index in [0.717, 1.165) is 23.3 Å². The van der Waals surface area contributed by atoms with Crippen LogP contribution in [0.2, 0.25) is 0 Å². The molecule has 4 rings (SSSR count). The zero-order valence-electron chi connectivity index (χ0n) is 20.8. The zero-order chi connectivity index (χ0) is 25.8. The number of fused-ring (bicyclic) bond motifs is 1. The van der Waals surface area contributed by atoms with Gasteiger partial charge in [0.05, 0.1) is 30.2 Å². The molecule has 2 amide bonds. The number of aliphatic hydroxyl groups is 2. The van der Waals surface area contributed by atoms with E-state index in [0.29, 0.717) is 36.8 Å². The minimum absolute atomic E-state index is 0.159. The summed E-state index contributed by atoms with van der Waals surface area (Å²) in [4.78, 5) is 31.2. The number of rotatable bonds is 9. The molecule has 0 radical (unpaired) electrons. The van der Waals surface area contributed by atoms with Gasteiger partial charge in [0.1, 0.15) is 5.75 Å². The first-order chi connectivity index (χ1) is 17.4. The third-order valence-corrected chi connectivity index (χ3v) is 7.46. The number of hydrogen-bond donors (Lipinski definition) is 3. The lowest BCUT2D eigenvalue weighted by Crippen LogP contribution is -2.39. The number of phenols is 1. The van der Waals surface area contributed by atoms with Gasteiger partial charge in [0, 0.05) is 24.7 Å². The van der Waals surface area contributed by atoms with Gasteiger partial charge in [-0.15, -0.1) is 0 Å². The molecule has 1 aromatic carbocycles. The molecule has 7 nitrogen and oxygen atoms in total. The van der Waals surface area contributed by atoms with Gasteiger partial charge < -0.3 is 15.3 Å². The molecule has 0 bridgehead atoms. The number of para-hydroxylation sites is 1. The smallest absolute Gasteiger partial charge is 0.233 e. The minimum atomic E-state index is -0.880. The van der Waals surface area contributed by atoms with E-state index in [9.17, 15) is 24.9 Å². The predicted molar refractivity (Wildman–Crippen MR) is 137 cm³/mol. The van der Waals surface area contributed by atoms with Crippen molar-refractivity contribution in [1.82, 2.24) is 9.88 Å². The molecule has 1 aromatic heterocycles. The van der Waals surface area contributed by atoms with Crippen molar-refractivity contribution in [1.29, 1.82) is 0 Å². The Kier molecular flexibility index (Phi) is 8.01. The molecule has 2 aliphatic rings. The van der Waals surface area contributed by atoms with Crippen LogP contribution in [0.15, 0.2) is 59.8 Å². The van der Waals surface area contributed by atoms with E-state index in [1.54, 1.807) is 18.3 Å². The first-order valence-electron chi connectivity index (χ1n) is 12.6. The summed E-state index contributed by atoms with van der Waals surface area (Å²) in [5.41, 5.74) is 3.95. The van der Waals surface area contributed by atoms with E-state index in [-0.39, 0.29) is 24.2 Å². The van der Waals surface area contributed by atoms with Crippen molar-refractivity contribution in [2.45, 2.75) is 45.1 Å². The van der Waals surface area contributed by atoms with Crippen molar-refractivity contribution in [3.05, 3.63) is 71.1 Å². The molecule has 4 atom stereocenters. The van der Waals surface area contributed by atoms with Gasteiger partial charge in [-0.2, -0.15) is 0 Å². The molecule has 1 fully saturated rings. The number of likely N-dealkylation sites (tertiary alicyclic amines) is 1. The van der Waals surface area contributed by atoms with Crippen molar-refractivity contribution in [3.63, 3.8) is 0 Å². The van der Waals surface area contributed by atoms with Crippen LogP contribution in [0.5, 0.6) is 5.75 Å². The van der Waals surface area contributed by atoms with Crippen molar-refractivity contribution in [2.24, 2.45) is 17.8 Å². The van der Waals surface area contributed by atoms with Crippen molar-refractivity contribution >= 4 is 23.5 Å². The maximum Gasteiger partial charge on any atom is 0.233 e. The summed E-state index contributed by atoms with van der Waals surface area (Å²) in [6.45, 7) is 1.74. The van der Waals surface area contributed by atoms with Crippen LogP contribution in [0.3, 0.4) is 0 Å². The van der Waals surface area contributed by atoms with Crippen LogP contribution in [0.25, 0.3) is 11.6 Å². The summed E-state index contributed by atoms with van der Waals surface area (Å²) in [6, 6.07) is 12.7. The molecule has 1 saturated heterocycles. The Morgan fingerprint density at radius 2 is 1.92 bits per heavy atom. The van der Waals surface area contributed by atoms with Crippen molar-refractivity contribution in [2.75, 3.05) is 13.7 Å². The van der Waals surface area contributed by atoms with Crippen LogP contribution in [0.4, 0.5) is 0 Å². The van der Waals surface area contributed by atoms with E-state index < -0.39 is 23.9 Å². The molecular formula is C29H34N2O5. The average Bonchev–Trinajstić information content (AvgIpc) is 3.10. The van der Waals surface area contributed by atoms with Gasteiger partial charge in [0.15, 0.2) is 0 Å². The van der Waals surface area contributed by atoms with Crippen LogP contribution >= 0.6 is 0 Å². The van der Waals surface area contributed by atoms with Crippen LogP contribution in [0, 0.1) is 17.8 Å². The fraction of sp³-hybridized carbons (Fsp3) is 0.414. The van der Waals surface area contributed by atoms with Gasteiger partial charge in [-0.05, 0) is 61.1 Å². The van der Waals surface area contributed by atoms with Crippen LogP contribution in [-0.4, -0.2) is 56.8 Å². The van der Waals surface area contributed by atoms with Gasteiger partial charge in [0.2, 0.25) is 11.8 Å². The molecule has 1 aliphatic heterocycles. The van der Waals surface area contributed by atoms with Crippen LogP contribution in [-0.2, 0) is 9.59 Å². The summed E-state index contributed by atoms with van der Waals surface area (Å²) in [5, 5.41) is 32.1. The molecule has 2 aromatic rings. The third-order valence-electron chi connectivity index (χ3n) is 7.46. The molecular weight excluding hydrogens is 456 g/mol. The number of aromatic nitrogens is 1. The Morgan fingerprint density at radius 3 is 2.58 bits per heavy atom. The second-order valence-electron chi connectivity index (χ2n) is 9.67. The number of carbonyl (C=O) groups is 2. The van der Waals surface area contributed by atoms with E-state index in [4.69, 9.17) is 0 Å². The Hall–Kier alpha value is -3.29. The second-order valence-corrected chi connectivity index (χ2v) is 9.67. The Labute approximate surface area is 211 Å². The topological polar surface area (TPSA) is 111 Å². The number of pyridine rings is 1. The quantitative estimate of drug-likeness (QED) is 0.364. The molecule has 0 spiro atoms. The van der Waals surface area contributed by atoms with Gasteiger partial charge in [0.25, 0.3) is 0 Å². The van der Waals surface area contributed by atoms with Gasteiger partial charge in [-0.1, -0.05) is 43.2 Å². The van der Waals surface area contributed by atoms with Crippen molar-refractivity contribution < 1.29 is 24.9 Å². The molecule has 0 saturated carbocycles. The molecule has 1 aliphatic carbocycles. The fourth-order valence-electron chi connectivity index (χ4n) is 5.73. The standard InChI is InChI=1S/C29H34N2O5/c1-3-8-20-16-21-27(29(36)31(2)28(21)35)22(17-32)26(20)25(34)13-12-18(23-10-6-7-14-30-23)15-19-9-4-5-11-24(19)33/h4-7,9-11,14-15,21-22,25,27,32-34H,3,8,12-13,16-17H2,1-2H3/b18-15-/t21-,22+,25-,27-/m1/s1. The number of aromatic hydroxyl groups is 1. The Bertz CT molecular complexity index is 1170. The lowest BCUT2D eigenvalue weighted by Gasteiger charge is -2.36. The first kappa shape index (κ1) is 25.8. The number of aliphatic hydroxyl groups excluding tert-OH is 2. The highest BCUT2D eigenvalue weighted by Gasteiger charge is 2.53. The number of allylic oxidation sites excluding steroid dienone is 2. The highest BCUT2D eigenvalue weighted by Crippen LogP contribution is 2.47. The number of benzene rings is 1. The lowest BCUT2D eigenvalue weighted by molar-refractivity contribution is -0.138. The summed E-state index contributed by atoms with van der Waals surface area (Å²) in [5.74, 6) is -2.01. The van der Waals surface area contributed by atoms with E-state index in [1.165, 1.54) is 11.9 Å².